The third-order valence-electron chi connectivity index (χ3n) is 1.23. The van der Waals surface area contributed by atoms with Crippen molar-refractivity contribution in [1.29, 1.82) is 0 Å². The van der Waals surface area contributed by atoms with Crippen LogP contribution in [0.4, 0.5) is 0 Å². The molecule has 0 aliphatic heterocycles. The Balaban J connectivity index is 3.81. The van der Waals surface area contributed by atoms with E-state index >= 15 is 0 Å². The van der Waals surface area contributed by atoms with Crippen molar-refractivity contribution in [2.24, 2.45) is 0 Å². The molecule has 0 saturated carbocycles. The largest absolute Gasteiger partial charge is 0.308 e. The summed E-state index contributed by atoms with van der Waals surface area (Å²) in [5.74, 6) is 0. The van der Waals surface area contributed by atoms with Gasteiger partial charge in [0.1, 0.15) is 0 Å². The fraction of sp³-hybridized carbons (Fsp3) is 1.00. The van der Waals surface area contributed by atoms with E-state index in [1.807, 2.05) is 19.0 Å². The van der Waals surface area contributed by atoms with Gasteiger partial charge in [-0.05, 0) is 14.1 Å². The third kappa shape index (κ3) is 5.43. The van der Waals surface area contributed by atoms with Gasteiger partial charge in [0.25, 0.3) is 9.24 Å². The Hall–Kier alpha value is 0.160. The van der Waals surface area contributed by atoms with Crippen LogP contribution >= 0.6 is 10.7 Å². The highest BCUT2D eigenvalue weighted by atomic mass is 35.7. The summed E-state index contributed by atoms with van der Waals surface area (Å²) in [6.07, 6.45) is 0. The quantitative estimate of drug-likeness (QED) is 0.599. The molecular weight excluding hydrogens is 188 g/mol. The minimum atomic E-state index is -3.52. The summed E-state index contributed by atoms with van der Waals surface area (Å²) in [7, 11) is 6.72. The smallest absolute Gasteiger partial charge is 0.299 e. The second-order valence-electron chi connectivity index (χ2n) is 2.57. The maximum atomic E-state index is 10.6. The molecule has 0 bridgehead atoms. The first kappa shape index (κ1) is 11.2. The summed E-state index contributed by atoms with van der Waals surface area (Å²) in [4.78, 5) is 1.89. The van der Waals surface area contributed by atoms with Crippen LogP contribution in [0, 0.1) is 0 Å². The van der Waals surface area contributed by atoms with Crippen LogP contribution in [-0.2, 0) is 9.24 Å². The molecular formula is C5H13ClN2O2S. The molecule has 0 unspecified atom stereocenters. The number of rotatable bonds is 4. The van der Waals surface area contributed by atoms with Gasteiger partial charge in [-0.1, -0.05) is 0 Å². The molecule has 0 heterocycles. The van der Waals surface area contributed by atoms with E-state index in [1.165, 1.54) is 7.05 Å². The van der Waals surface area contributed by atoms with E-state index < -0.39 is 9.24 Å². The zero-order chi connectivity index (χ0) is 9.07. The molecule has 68 valence electrons. The Morgan fingerprint density at radius 1 is 1.18 bits per heavy atom. The first-order valence-electron chi connectivity index (χ1n) is 3.14. The van der Waals surface area contributed by atoms with Gasteiger partial charge < -0.3 is 4.90 Å². The van der Waals surface area contributed by atoms with Crippen molar-refractivity contribution in [1.82, 2.24) is 9.21 Å². The van der Waals surface area contributed by atoms with Gasteiger partial charge in [-0.3, -0.25) is 0 Å². The number of halogens is 1. The number of hydrogen-bond donors (Lipinski definition) is 0. The van der Waals surface area contributed by atoms with Gasteiger partial charge in [-0.2, -0.15) is 12.7 Å². The standard InChI is InChI=1S/C5H13ClN2O2S/c1-7(2)4-5-8(3)11(6,9)10/h4-5H2,1-3H3. The molecule has 0 atom stereocenters. The summed E-state index contributed by atoms with van der Waals surface area (Å²) in [6, 6.07) is 0. The molecule has 0 amide bonds. The molecule has 4 nitrogen and oxygen atoms in total. The molecule has 0 N–H and O–H groups in total. The molecule has 0 aromatic rings. The molecule has 0 aliphatic rings. The summed E-state index contributed by atoms with van der Waals surface area (Å²) in [6.45, 7) is 1.08. The molecule has 0 aromatic carbocycles. The van der Waals surface area contributed by atoms with E-state index in [0.29, 0.717) is 13.1 Å². The normalized spacial score (nSPS) is 12.9. The van der Waals surface area contributed by atoms with Gasteiger partial charge in [-0.15, -0.1) is 0 Å². The molecule has 0 rings (SSSR count). The molecule has 0 radical (unpaired) electrons. The molecule has 0 aromatic heterocycles. The highest BCUT2D eigenvalue weighted by Crippen LogP contribution is 2.01. The lowest BCUT2D eigenvalue weighted by molar-refractivity contribution is 0.361. The van der Waals surface area contributed by atoms with Gasteiger partial charge in [0, 0.05) is 30.8 Å². The Morgan fingerprint density at radius 2 is 1.64 bits per heavy atom. The summed E-state index contributed by atoms with van der Waals surface area (Å²) in [5.41, 5.74) is 0. The number of likely N-dealkylation sites (N-methyl/N-ethyl adjacent to an activating group) is 2. The van der Waals surface area contributed by atoms with E-state index in [4.69, 9.17) is 10.7 Å². The van der Waals surface area contributed by atoms with E-state index in [-0.39, 0.29) is 0 Å². The lowest BCUT2D eigenvalue weighted by atomic mass is 10.6. The first-order chi connectivity index (χ1) is 4.84. The Kier molecular flexibility index (Phi) is 4.31. The van der Waals surface area contributed by atoms with Gasteiger partial charge in [0.15, 0.2) is 0 Å². The zero-order valence-corrected chi connectivity index (χ0v) is 8.48. The Labute approximate surface area is 72.3 Å². The monoisotopic (exact) mass is 200 g/mol. The summed E-state index contributed by atoms with van der Waals surface area (Å²) >= 11 is 0. The Bertz CT molecular complexity index is 203. The fourth-order valence-corrected chi connectivity index (χ4v) is 0.957. The maximum absolute atomic E-state index is 10.6. The van der Waals surface area contributed by atoms with Gasteiger partial charge in [0.05, 0.1) is 0 Å². The summed E-state index contributed by atoms with van der Waals surface area (Å²) in [5, 5.41) is 0. The van der Waals surface area contributed by atoms with E-state index in [0.717, 1.165) is 4.31 Å². The van der Waals surface area contributed by atoms with Gasteiger partial charge in [-0.25, -0.2) is 0 Å². The number of nitrogens with zero attached hydrogens (tertiary/aromatic N) is 2. The van der Waals surface area contributed by atoms with E-state index in [2.05, 4.69) is 0 Å². The van der Waals surface area contributed by atoms with Crippen molar-refractivity contribution in [3.63, 3.8) is 0 Å². The first-order valence-corrected chi connectivity index (χ1v) is 5.41. The second-order valence-corrected chi connectivity index (χ2v) is 5.18. The van der Waals surface area contributed by atoms with Crippen molar-refractivity contribution in [3.05, 3.63) is 0 Å². The molecule has 0 spiro atoms. The van der Waals surface area contributed by atoms with Crippen LogP contribution < -0.4 is 0 Å². The molecule has 0 fully saturated rings. The van der Waals surface area contributed by atoms with Crippen molar-refractivity contribution in [3.8, 4) is 0 Å². The van der Waals surface area contributed by atoms with Gasteiger partial charge in [0.2, 0.25) is 0 Å². The predicted molar refractivity (Wildman–Crippen MR) is 46.0 cm³/mol. The van der Waals surface area contributed by atoms with Crippen LogP contribution in [0.25, 0.3) is 0 Å². The van der Waals surface area contributed by atoms with Crippen LogP contribution in [0.5, 0.6) is 0 Å². The Morgan fingerprint density at radius 3 is 1.91 bits per heavy atom. The van der Waals surface area contributed by atoms with Crippen LogP contribution in [0.2, 0.25) is 0 Å². The predicted octanol–water partition coefficient (Wildman–Crippen LogP) is -0.0366. The van der Waals surface area contributed by atoms with Crippen molar-refractivity contribution >= 4 is 19.9 Å². The second kappa shape index (κ2) is 4.25. The highest BCUT2D eigenvalue weighted by Gasteiger charge is 2.12. The third-order valence-corrected chi connectivity index (χ3v) is 2.87. The van der Waals surface area contributed by atoms with Gasteiger partial charge >= 0.3 is 0 Å². The van der Waals surface area contributed by atoms with Crippen LogP contribution in [-0.4, -0.2) is 51.9 Å². The fourth-order valence-electron chi connectivity index (χ4n) is 0.450. The van der Waals surface area contributed by atoms with E-state index in [9.17, 15) is 8.42 Å². The van der Waals surface area contributed by atoms with Crippen LogP contribution in [0.3, 0.4) is 0 Å². The number of hydrogen-bond acceptors (Lipinski definition) is 3. The topological polar surface area (TPSA) is 40.6 Å². The molecule has 11 heavy (non-hydrogen) atoms. The maximum Gasteiger partial charge on any atom is 0.299 e. The summed E-state index contributed by atoms with van der Waals surface area (Å²) < 4.78 is 22.3. The lowest BCUT2D eigenvalue weighted by Gasteiger charge is -2.15. The minimum absolute atomic E-state index is 0.416. The van der Waals surface area contributed by atoms with Crippen LogP contribution in [0.1, 0.15) is 0 Å². The molecule has 0 aliphatic carbocycles. The lowest BCUT2D eigenvalue weighted by Crippen LogP contribution is -2.30. The van der Waals surface area contributed by atoms with Crippen molar-refractivity contribution < 1.29 is 8.42 Å². The highest BCUT2D eigenvalue weighted by molar-refractivity contribution is 8.11. The van der Waals surface area contributed by atoms with Crippen molar-refractivity contribution in [2.75, 3.05) is 34.2 Å². The average molecular weight is 201 g/mol. The molecule has 6 heteroatoms. The average Bonchev–Trinajstić information content (AvgIpc) is 1.80. The molecule has 0 saturated heterocycles. The van der Waals surface area contributed by atoms with Crippen molar-refractivity contribution in [2.45, 2.75) is 0 Å². The minimum Gasteiger partial charge on any atom is -0.308 e. The zero-order valence-electron chi connectivity index (χ0n) is 6.91. The van der Waals surface area contributed by atoms with E-state index in [1.54, 1.807) is 0 Å². The van der Waals surface area contributed by atoms with Crippen LogP contribution in [0.15, 0.2) is 0 Å². The SMILES string of the molecule is CN(C)CCN(C)S(=O)(=O)Cl.